The van der Waals surface area contributed by atoms with Gasteiger partial charge in [-0.05, 0) is 73.3 Å². The molecule has 0 aliphatic heterocycles. The highest BCUT2D eigenvalue weighted by Gasteiger charge is 2.52. The maximum absolute atomic E-state index is 9.90. The van der Waals surface area contributed by atoms with Crippen LogP contribution in [-0.2, 0) is 5.41 Å². The molecule has 1 aromatic carbocycles. The van der Waals surface area contributed by atoms with Gasteiger partial charge >= 0.3 is 0 Å². The van der Waals surface area contributed by atoms with E-state index in [0.717, 1.165) is 23.3 Å². The number of phenolic OH excluding ortho intramolecular Hbond substituents is 2. The first-order valence-electron chi connectivity index (χ1n) is 7.38. The topological polar surface area (TPSA) is 66.5 Å². The van der Waals surface area contributed by atoms with Crippen LogP contribution in [0.1, 0.15) is 44.1 Å². The lowest BCUT2D eigenvalue weighted by molar-refractivity contribution is -0.00498. The van der Waals surface area contributed by atoms with Crippen LogP contribution in [0.15, 0.2) is 12.1 Å². The third kappa shape index (κ3) is 1.57. The molecule has 0 spiro atoms. The number of hydrogen-bond acceptors (Lipinski definition) is 3. The van der Waals surface area contributed by atoms with Crippen molar-refractivity contribution in [3.8, 4) is 11.5 Å². The Kier molecular flexibility index (Phi) is 2.16. The van der Waals surface area contributed by atoms with Gasteiger partial charge in [-0.3, -0.25) is 0 Å². The first-order valence-corrected chi connectivity index (χ1v) is 7.38. The van der Waals surface area contributed by atoms with Crippen LogP contribution in [0.5, 0.6) is 11.5 Å². The molecule has 3 nitrogen and oxygen atoms in total. The molecule has 4 fully saturated rings. The number of nitrogens with two attached hydrogens (primary N) is 1. The largest absolute Gasteiger partial charge is 0.508 e. The second-order valence-electron chi connectivity index (χ2n) is 7.12. The molecule has 4 aliphatic carbocycles. The monoisotopic (exact) mass is 259 g/mol. The minimum absolute atomic E-state index is 0.0331. The Labute approximate surface area is 113 Å². The summed E-state index contributed by atoms with van der Waals surface area (Å²) in [6.45, 7) is 0. The van der Waals surface area contributed by atoms with Crippen molar-refractivity contribution in [2.45, 2.75) is 43.9 Å². The van der Waals surface area contributed by atoms with Gasteiger partial charge in [-0.1, -0.05) is 0 Å². The zero-order valence-corrected chi connectivity index (χ0v) is 11.1. The van der Waals surface area contributed by atoms with E-state index in [1.807, 2.05) is 0 Å². The molecule has 3 heteroatoms. The fourth-order valence-corrected chi connectivity index (χ4v) is 5.50. The highest BCUT2D eigenvalue weighted by atomic mass is 16.3. The van der Waals surface area contributed by atoms with Gasteiger partial charge in [0.2, 0.25) is 0 Å². The lowest BCUT2D eigenvalue weighted by Gasteiger charge is -2.57. The lowest BCUT2D eigenvalue weighted by Crippen LogP contribution is -2.48. The van der Waals surface area contributed by atoms with Crippen molar-refractivity contribution in [3.05, 3.63) is 17.7 Å². The molecule has 4 N–H and O–H groups in total. The minimum Gasteiger partial charge on any atom is -0.508 e. The molecule has 0 heterocycles. The average Bonchev–Trinajstić information content (AvgIpc) is 2.32. The van der Waals surface area contributed by atoms with Gasteiger partial charge in [-0.15, -0.1) is 0 Å². The maximum Gasteiger partial charge on any atom is 0.142 e. The Hall–Kier alpha value is -1.38. The van der Waals surface area contributed by atoms with E-state index in [0.29, 0.717) is 5.69 Å². The van der Waals surface area contributed by atoms with Crippen LogP contribution < -0.4 is 5.73 Å². The fraction of sp³-hybridized carbons (Fsp3) is 0.625. The molecule has 0 aromatic heterocycles. The Morgan fingerprint density at radius 2 is 1.47 bits per heavy atom. The predicted molar refractivity (Wildman–Crippen MR) is 74.0 cm³/mol. The smallest absolute Gasteiger partial charge is 0.142 e. The molecule has 1 aromatic rings. The van der Waals surface area contributed by atoms with E-state index in [-0.39, 0.29) is 16.9 Å². The molecule has 102 valence electrons. The van der Waals surface area contributed by atoms with Crippen molar-refractivity contribution in [1.29, 1.82) is 0 Å². The summed E-state index contributed by atoms with van der Waals surface area (Å²) in [6.07, 6.45) is 7.70. The number of benzene rings is 1. The number of hydrogen-bond donors (Lipinski definition) is 3. The molecule has 0 amide bonds. The van der Waals surface area contributed by atoms with Gasteiger partial charge < -0.3 is 15.9 Å². The van der Waals surface area contributed by atoms with Crippen LogP contribution in [0.2, 0.25) is 0 Å². The highest BCUT2D eigenvalue weighted by molar-refractivity contribution is 5.63. The van der Waals surface area contributed by atoms with Crippen LogP contribution in [0.25, 0.3) is 0 Å². The van der Waals surface area contributed by atoms with Gasteiger partial charge in [0, 0.05) is 6.07 Å². The Morgan fingerprint density at radius 1 is 0.947 bits per heavy atom. The first-order chi connectivity index (χ1) is 9.06. The van der Waals surface area contributed by atoms with E-state index in [1.54, 1.807) is 6.07 Å². The SMILES string of the molecule is Nc1c(O)cc(O)cc1C12CC3CC(CC(C3)C1)C2. The summed E-state index contributed by atoms with van der Waals surface area (Å²) in [5.41, 5.74) is 7.72. The predicted octanol–water partition coefficient (Wildman–Crippen LogP) is 3.15. The van der Waals surface area contributed by atoms with E-state index < -0.39 is 0 Å². The zero-order valence-electron chi connectivity index (χ0n) is 11.1. The van der Waals surface area contributed by atoms with Crippen LogP contribution >= 0.6 is 0 Å². The molecule has 0 radical (unpaired) electrons. The average molecular weight is 259 g/mol. The minimum atomic E-state index is 0.0331. The molecule has 4 saturated carbocycles. The molecular weight excluding hydrogens is 238 g/mol. The van der Waals surface area contributed by atoms with Crippen molar-refractivity contribution in [3.63, 3.8) is 0 Å². The van der Waals surface area contributed by atoms with Crippen LogP contribution in [-0.4, -0.2) is 10.2 Å². The molecule has 0 saturated heterocycles. The lowest BCUT2D eigenvalue weighted by atomic mass is 9.48. The molecule has 4 bridgehead atoms. The quantitative estimate of drug-likeness (QED) is 0.412. The molecule has 19 heavy (non-hydrogen) atoms. The van der Waals surface area contributed by atoms with E-state index >= 15 is 0 Å². The van der Waals surface area contributed by atoms with Crippen molar-refractivity contribution in [2.24, 2.45) is 17.8 Å². The van der Waals surface area contributed by atoms with E-state index in [9.17, 15) is 10.2 Å². The van der Waals surface area contributed by atoms with Gasteiger partial charge in [-0.25, -0.2) is 0 Å². The van der Waals surface area contributed by atoms with Gasteiger partial charge in [-0.2, -0.15) is 0 Å². The van der Waals surface area contributed by atoms with Crippen LogP contribution in [0.4, 0.5) is 5.69 Å². The van der Waals surface area contributed by atoms with Gasteiger partial charge in [0.05, 0.1) is 5.69 Å². The Morgan fingerprint density at radius 3 is 2.00 bits per heavy atom. The van der Waals surface area contributed by atoms with E-state index in [1.165, 1.54) is 44.6 Å². The van der Waals surface area contributed by atoms with Crippen molar-refractivity contribution >= 4 is 5.69 Å². The summed E-state index contributed by atoms with van der Waals surface area (Å²) in [4.78, 5) is 0. The molecule has 4 aliphatic rings. The van der Waals surface area contributed by atoms with Crippen LogP contribution in [0.3, 0.4) is 0 Å². The fourth-order valence-electron chi connectivity index (χ4n) is 5.50. The van der Waals surface area contributed by atoms with Crippen molar-refractivity contribution in [2.75, 3.05) is 5.73 Å². The summed E-state index contributed by atoms with van der Waals surface area (Å²) in [6, 6.07) is 3.14. The number of rotatable bonds is 1. The Balaban J connectivity index is 1.84. The first kappa shape index (κ1) is 11.4. The molecule has 0 atom stereocenters. The highest BCUT2D eigenvalue weighted by Crippen LogP contribution is 2.62. The van der Waals surface area contributed by atoms with E-state index in [4.69, 9.17) is 5.73 Å². The number of nitrogen functional groups attached to an aromatic ring is 1. The van der Waals surface area contributed by atoms with Gasteiger partial charge in [0.25, 0.3) is 0 Å². The second-order valence-corrected chi connectivity index (χ2v) is 7.12. The van der Waals surface area contributed by atoms with Gasteiger partial charge in [0.1, 0.15) is 11.5 Å². The van der Waals surface area contributed by atoms with Crippen LogP contribution in [0, 0.1) is 17.8 Å². The van der Waals surface area contributed by atoms with Crippen molar-refractivity contribution < 1.29 is 10.2 Å². The summed E-state index contributed by atoms with van der Waals surface area (Å²) >= 11 is 0. The van der Waals surface area contributed by atoms with Crippen molar-refractivity contribution in [1.82, 2.24) is 0 Å². The number of phenols is 2. The number of anilines is 1. The molecule has 0 unspecified atom stereocenters. The Bertz CT molecular complexity index is 503. The standard InChI is InChI=1S/C16H21NO2/c17-15-13(4-12(18)5-14(15)19)16-6-9-1-10(7-16)3-11(2-9)8-16/h4-5,9-11,18-19H,1-3,6-8,17H2. The number of aromatic hydroxyl groups is 2. The zero-order chi connectivity index (χ0) is 13.2. The summed E-state index contributed by atoms with van der Waals surface area (Å²) in [5, 5.41) is 19.7. The summed E-state index contributed by atoms with van der Waals surface area (Å²) in [5.74, 6) is 2.66. The van der Waals surface area contributed by atoms with E-state index in [2.05, 4.69) is 0 Å². The third-order valence-corrected chi connectivity index (χ3v) is 5.75. The normalized spacial score (nSPS) is 39.7. The second kappa shape index (κ2) is 3.59. The third-order valence-electron chi connectivity index (χ3n) is 5.75. The molecule has 5 rings (SSSR count). The summed E-state index contributed by atoms with van der Waals surface area (Å²) in [7, 11) is 0. The maximum atomic E-state index is 9.90. The summed E-state index contributed by atoms with van der Waals surface area (Å²) < 4.78 is 0. The van der Waals surface area contributed by atoms with Gasteiger partial charge in [0.15, 0.2) is 0 Å². The molecular formula is C16H21NO2.